The first-order chi connectivity index (χ1) is 18.4. The second kappa shape index (κ2) is 9.80. The van der Waals surface area contributed by atoms with E-state index in [-0.39, 0.29) is 0 Å². The maximum Gasteiger partial charge on any atom is 0.420 e. The zero-order valence-electron chi connectivity index (χ0n) is 22.1. The Morgan fingerprint density at radius 1 is 0.595 bits per heavy atom. The van der Waals surface area contributed by atoms with E-state index >= 15 is 0 Å². The fraction of sp³-hybridized carbons (Fsp3) is 0.371. The van der Waals surface area contributed by atoms with Gasteiger partial charge in [0, 0.05) is 18.2 Å². The van der Waals surface area contributed by atoms with Gasteiger partial charge in [0.15, 0.2) is 0 Å². The molecule has 0 aromatic heterocycles. The smallest absolute Gasteiger partial charge is 0.328 e. The van der Waals surface area contributed by atoms with Crippen LogP contribution in [0.25, 0.3) is 16.7 Å². The number of rotatable bonds is 4. The van der Waals surface area contributed by atoms with Crippen molar-refractivity contribution in [1.82, 2.24) is 4.39 Å². The molecule has 4 atom stereocenters. The lowest BCUT2D eigenvalue weighted by atomic mass is 9.41. The molecule has 0 bridgehead atoms. The van der Waals surface area contributed by atoms with Gasteiger partial charge in [-0.25, -0.2) is 0 Å². The van der Waals surface area contributed by atoms with Gasteiger partial charge in [-0.3, -0.25) is 0 Å². The average molecular weight is 485 g/mol. The van der Waals surface area contributed by atoms with E-state index in [0.29, 0.717) is 0 Å². The van der Waals surface area contributed by atoms with Crippen molar-refractivity contribution in [2.45, 2.75) is 76.0 Å². The number of benzene rings is 3. The predicted octanol–water partition coefficient (Wildman–Crippen LogP) is 9.54. The summed E-state index contributed by atoms with van der Waals surface area (Å²) in [6.45, 7) is 0.752. The molecule has 7 rings (SSSR count). The molecule has 3 aromatic carbocycles. The van der Waals surface area contributed by atoms with Gasteiger partial charge in [-0.1, -0.05) is 92.4 Å². The van der Waals surface area contributed by atoms with Crippen LogP contribution in [0, 0.1) is 5.92 Å². The molecule has 2 aliphatic carbocycles. The highest BCUT2D eigenvalue weighted by molar-refractivity contribution is 6.64. The molecule has 0 spiro atoms. The van der Waals surface area contributed by atoms with Gasteiger partial charge in [0.05, 0.1) is 11.7 Å². The maximum absolute atomic E-state index is 2.57. The quantitative estimate of drug-likeness (QED) is 0.324. The van der Waals surface area contributed by atoms with Crippen LogP contribution in [-0.2, 0) is 0 Å². The summed E-state index contributed by atoms with van der Waals surface area (Å²) in [4.78, 5) is 0. The van der Waals surface area contributed by atoms with Crippen LogP contribution in [0.5, 0.6) is 0 Å². The molecule has 0 N–H and O–H groups in total. The molecule has 4 aliphatic rings. The first-order valence-corrected chi connectivity index (χ1v) is 14.9. The molecule has 37 heavy (non-hydrogen) atoms. The van der Waals surface area contributed by atoms with E-state index in [2.05, 4.69) is 97.1 Å². The lowest BCUT2D eigenvalue weighted by Gasteiger charge is -2.49. The third kappa shape index (κ3) is 3.88. The van der Waals surface area contributed by atoms with Crippen molar-refractivity contribution < 1.29 is 0 Å². The number of quaternary nitrogens is 1. The zero-order chi connectivity index (χ0) is 24.7. The van der Waals surface area contributed by atoms with Crippen LogP contribution in [0.1, 0.15) is 63.4 Å². The van der Waals surface area contributed by atoms with Crippen LogP contribution < -0.4 is 4.39 Å². The molecule has 2 saturated heterocycles. The topological polar surface area (TPSA) is 0 Å². The van der Waals surface area contributed by atoms with Gasteiger partial charge in [-0.05, 0) is 84.6 Å². The van der Waals surface area contributed by atoms with Crippen molar-refractivity contribution in [2.75, 3.05) is 0 Å². The number of hydrogen-bond acceptors (Lipinski definition) is 0. The van der Waals surface area contributed by atoms with Crippen LogP contribution >= 0.6 is 0 Å². The normalized spacial score (nSPS) is 29.2. The van der Waals surface area contributed by atoms with Gasteiger partial charge in [0.2, 0.25) is 0 Å². The van der Waals surface area contributed by atoms with Gasteiger partial charge in [0.25, 0.3) is 0 Å². The minimum absolute atomic E-state index is 0.752. The van der Waals surface area contributed by atoms with Crippen LogP contribution in [0.15, 0.2) is 103 Å². The van der Waals surface area contributed by atoms with Crippen molar-refractivity contribution >= 4 is 18.1 Å². The number of hydrogen-bond donors (Lipinski definition) is 0. The van der Waals surface area contributed by atoms with Crippen molar-refractivity contribution in [3.05, 3.63) is 108 Å². The highest BCUT2D eigenvalue weighted by atomic mass is 15.4. The molecule has 1 saturated carbocycles. The van der Waals surface area contributed by atoms with E-state index in [1.807, 2.05) is 0 Å². The van der Waals surface area contributed by atoms with E-state index in [1.54, 1.807) is 11.4 Å². The molecule has 2 heteroatoms. The van der Waals surface area contributed by atoms with E-state index in [9.17, 15) is 0 Å². The molecule has 3 fully saturated rings. The van der Waals surface area contributed by atoms with Gasteiger partial charge >= 0.3 is 6.85 Å². The summed E-state index contributed by atoms with van der Waals surface area (Å²) in [5.74, 6) is 1.79. The molecule has 4 unspecified atom stereocenters. The fourth-order valence-corrected chi connectivity index (χ4v) is 8.87. The summed E-state index contributed by atoms with van der Waals surface area (Å²) in [5, 5.41) is 0. The Hall–Kier alpha value is -2.84. The highest BCUT2D eigenvalue weighted by Gasteiger charge is 2.66. The largest absolute Gasteiger partial charge is 0.420 e. The summed E-state index contributed by atoms with van der Waals surface area (Å²) < 4.78 is 1.17. The van der Waals surface area contributed by atoms with Gasteiger partial charge in [0.1, 0.15) is 5.69 Å². The number of allylic oxidation sites excluding steroid dienone is 4. The predicted molar refractivity (Wildman–Crippen MR) is 159 cm³/mol. The monoisotopic (exact) mass is 484 g/mol. The molecule has 2 aliphatic heterocycles. The van der Waals surface area contributed by atoms with Gasteiger partial charge < -0.3 is 4.39 Å². The van der Waals surface area contributed by atoms with Crippen molar-refractivity contribution in [1.29, 1.82) is 0 Å². The average Bonchev–Trinajstić information content (AvgIpc) is 3.30. The minimum atomic E-state index is 0.752. The standard InChI is InChI=1S/C35H39BN/c1-3-11-27(12-4-1)29-18-22-31(23-19-29)37(32-24-20-30(21-25-32)28-13-5-2-6-14-28)35-17-8-7-15-33(35)34-16-9-10-26-36(34)37/h1-6,11-14,18-20,22-24,33-35H,7-10,15-17,21,25-26H2/q+1. The Balaban J connectivity index is 1.36. The Morgan fingerprint density at radius 2 is 1.27 bits per heavy atom. The van der Waals surface area contributed by atoms with Gasteiger partial charge in [-0.15, -0.1) is 0 Å². The first-order valence-electron chi connectivity index (χ1n) is 14.9. The van der Waals surface area contributed by atoms with E-state index in [0.717, 1.165) is 31.0 Å². The summed E-state index contributed by atoms with van der Waals surface area (Å²) >= 11 is 0. The summed E-state index contributed by atoms with van der Waals surface area (Å²) in [7, 11) is 0. The van der Waals surface area contributed by atoms with E-state index in [4.69, 9.17) is 0 Å². The third-order valence-electron chi connectivity index (χ3n) is 10.3. The number of fused-ring (bicyclic) bond motifs is 3. The Bertz CT molecular complexity index is 1270. The van der Waals surface area contributed by atoms with E-state index in [1.165, 1.54) is 84.3 Å². The van der Waals surface area contributed by atoms with Crippen molar-refractivity contribution in [2.24, 2.45) is 5.92 Å². The molecule has 3 aromatic rings. The van der Waals surface area contributed by atoms with Crippen molar-refractivity contribution in [3.63, 3.8) is 0 Å². The molecule has 0 radical (unpaired) electrons. The molecule has 186 valence electrons. The maximum atomic E-state index is 2.57. The minimum Gasteiger partial charge on any atom is -0.328 e. The first kappa shape index (κ1) is 23.3. The second-order valence-electron chi connectivity index (χ2n) is 11.9. The van der Waals surface area contributed by atoms with Crippen molar-refractivity contribution in [3.8, 4) is 11.1 Å². The Kier molecular flexibility index (Phi) is 6.17. The molecule has 0 amide bonds. The SMILES string of the molecule is C1=C(c2ccccc2)CCC([N+]2(c3ccc(-c4ccccc4)cc3)B3CCCCC3C3CCCCC32)=C1. The molecule has 2 heterocycles. The third-order valence-corrected chi connectivity index (χ3v) is 10.3. The van der Waals surface area contributed by atoms with Crippen LogP contribution in [0.2, 0.25) is 12.1 Å². The lowest BCUT2D eigenvalue weighted by Crippen LogP contribution is -2.61. The summed E-state index contributed by atoms with van der Waals surface area (Å²) in [6.07, 6.45) is 18.8. The van der Waals surface area contributed by atoms with Crippen LogP contribution in [-0.4, -0.2) is 12.9 Å². The van der Waals surface area contributed by atoms with Gasteiger partial charge in [-0.2, -0.15) is 0 Å². The highest BCUT2D eigenvalue weighted by Crippen LogP contribution is 2.59. The summed E-state index contributed by atoms with van der Waals surface area (Å²) in [6, 6.07) is 32.5. The van der Waals surface area contributed by atoms with Crippen LogP contribution in [0.3, 0.4) is 0 Å². The second-order valence-corrected chi connectivity index (χ2v) is 11.9. The molecular weight excluding hydrogens is 445 g/mol. The lowest BCUT2D eigenvalue weighted by molar-refractivity contribution is 0.228. The van der Waals surface area contributed by atoms with E-state index < -0.39 is 0 Å². The zero-order valence-corrected chi connectivity index (χ0v) is 22.1. The molecule has 1 nitrogen and oxygen atoms in total. The van der Waals surface area contributed by atoms with Crippen LogP contribution in [0.4, 0.5) is 5.69 Å². The molecular formula is C35H39BN+. The Morgan fingerprint density at radius 3 is 2.00 bits per heavy atom. The number of nitrogens with zero attached hydrogens (tertiary/aromatic N) is 1. The Labute approximate surface area is 223 Å². The summed E-state index contributed by atoms with van der Waals surface area (Å²) in [5.41, 5.74) is 8.81. The fourth-order valence-electron chi connectivity index (χ4n) is 8.87.